The Labute approximate surface area is 55.5 Å². The molecule has 2 atom stereocenters. The van der Waals surface area contributed by atoms with E-state index in [0.29, 0.717) is 6.61 Å². The van der Waals surface area contributed by atoms with E-state index < -0.39 is 13.2 Å². The van der Waals surface area contributed by atoms with E-state index in [1.807, 2.05) is 0 Å². The van der Waals surface area contributed by atoms with E-state index in [1.54, 1.807) is 13.8 Å². The van der Waals surface area contributed by atoms with Crippen LogP contribution in [-0.4, -0.2) is 24.0 Å². The quantitative estimate of drug-likeness (QED) is 0.619. The van der Waals surface area contributed by atoms with Crippen molar-refractivity contribution in [3.63, 3.8) is 0 Å². The topological polar surface area (TPSA) is 46.5 Å². The van der Waals surface area contributed by atoms with Crippen LogP contribution in [0.1, 0.15) is 13.8 Å². The molecule has 0 aromatic heterocycles. The van der Waals surface area contributed by atoms with Gasteiger partial charge in [0.2, 0.25) is 7.37 Å². The minimum Gasteiger partial charge on any atom is -0.369 e. The summed E-state index contributed by atoms with van der Waals surface area (Å²) in [6.07, 6.45) is 0. The van der Waals surface area contributed by atoms with Gasteiger partial charge in [-0.3, -0.25) is 4.57 Å². The Bertz CT molecular complexity index is 117. The molecule has 0 aromatic carbocycles. The maximum atomic E-state index is 10.7. The van der Waals surface area contributed by atoms with E-state index >= 15 is 0 Å². The molecule has 0 aliphatic heterocycles. The molecule has 0 saturated heterocycles. The van der Waals surface area contributed by atoms with Gasteiger partial charge in [-0.05, 0) is 13.8 Å². The first-order valence-corrected chi connectivity index (χ1v) is 5.07. The van der Waals surface area contributed by atoms with Gasteiger partial charge in [0.1, 0.15) is 5.85 Å². The van der Waals surface area contributed by atoms with E-state index in [2.05, 4.69) is 0 Å². The molecule has 0 saturated carbocycles. The third-order valence-corrected chi connectivity index (χ3v) is 2.58. The van der Waals surface area contributed by atoms with Gasteiger partial charge in [0, 0.05) is 13.3 Å². The molecule has 4 heteroatoms. The predicted molar refractivity (Wildman–Crippen MR) is 36.8 cm³/mol. The van der Waals surface area contributed by atoms with Crippen LogP contribution in [0.3, 0.4) is 0 Å². The van der Waals surface area contributed by atoms with Crippen LogP contribution in [-0.2, 0) is 9.30 Å². The maximum absolute atomic E-state index is 10.7. The molecule has 0 heterocycles. The molecule has 2 unspecified atom stereocenters. The average Bonchev–Trinajstić information content (AvgIpc) is 1.64. The SMILES string of the molecule is CCOC(C)P(C)(=O)O. The molecular formula is C5H13O3P. The second-order valence-corrected chi connectivity index (χ2v) is 4.61. The molecule has 9 heavy (non-hydrogen) atoms. The van der Waals surface area contributed by atoms with Gasteiger partial charge in [0.25, 0.3) is 0 Å². The average molecular weight is 152 g/mol. The van der Waals surface area contributed by atoms with Crippen LogP contribution in [0.15, 0.2) is 0 Å². The molecule has 1 N–H and O–H groups in total. The second-order valence-electron chi connectivity index (χ2n) is 2.00. The summed E-state index contributed by atoms with van der Waals surface area (Å²) < 4.78 is 15.6. The molecule has 0 aromatic rings. The minimum atomic E-state index is -3.00. The monoisotopic (exact) mass is 152 g/mol. The van der Waals surface area contributed by atoms with E-state index in [1.165, 1.54) is 6.66 Å². The lowest BCUT2D eigenvalue weighted by Crippen LogP contribution is -2.07. The first-order chi connectivity index (χ1) is 3.98. The van der Waals surface area contributed by atoms with Crippen molar-refractivity contribution in [2.24, 2.45) is 0 Å². The van der Waals surface area contributed by atoms with Crippen LogP contribution in [0.25, 0.3) is 0 Å². The zero-order valence-corrected chi connectivity index (χ0v) is 6.89. The van der Waals surface area contributed by atoms with Crippen molar-refractivity contribution in [1.82, 2.24) is 0 Å². The zero-order valence-electron chi connectivity index (χ0n) is 6.00. The van der Waals surface area contributed by atoms with E-state index in [4.69, 9.17) is 9.63 Å². The minimum absolute atomic E-state index is 0.486. The highest BCUT2D eigenvalue weighted by molar-refractivity contribution is 7.57. The summed E-state index contributed by atoms with van der Waals surface area (Å²) in [6.45, 7) is 5.18. The fraction of sp³-hybridized carbons (Fsp3) is 1.00. The van der Waals surface area contributed by atoms with Gasteiger partial charge in [0.05, 0.1) is 0 Å². The van der Waals surface area contributed by atoms with Crippen LogP contribution >= 0.6 is 7.37 Å². The van der Waals surface area contributed by atoms with Gasteiger partial charge < -0.3 is 9.63 Å². The van der Waals surface area contributed by atoms with Gasteiger partial charge in [-0.1, -0.05) is 0 Å². The Morgan fingerprint density at radius 3 is 2.33 bits per heavy atom. The molecule has 3 nitrogen and oxygen atoms in total. The largest absolute Gasteiger partial charge is 0.369 e. The normalized spacial score (nSPS) is 20.9. The van der Waals surface area contributed by atoms with Crippen molar-refractivity contribution in [3.8, 4) is 0 Å². The lowest BCUT2D eigenvalue weighted by atomic mass is 10.8. The van der Waals surface area contributed by atoms with Gasteiger partial charge in [-0.25, -0.2) is 0 Å². The predicted octanol–water partition coefficient (Wildman–Crippen LogP) is 1.27. The summed E-state index contributed by atoms with van der Waals surface area (Å²) in [5.41, 5.74) is 0. The summed E-state index contributed by atoms with van der Waals surface area (Å²) in [5.74, 6) is -0.525. The van der Waals surface area contributed by atoms with Crippen LogP contribution in [0, 0.1) is 0 Å². The Balaban J connectivity index is 3.74. The maximum Gasteiger partial charge on any atom is 0.225 e. The Hall–Kier alpha value is 0.150. The molecule has 0 spiro atoms. The van der Waals surface area contributed by atoms with Gasteiger partial charge in [-0.2, -0.15) is 0 Å². The van der Waals surface area contributed by atoms with E-state index in [9.17, 15) is 4.57 Å². The molecule has 0 fully saturated rings. The summed E-state index contributed by atoms with van der Waals surface area (Å²) >= 11 is 0. The molecule has 0 amide bonds. The van der Waals surface area contributed by atoms with E-state index in [-0.39, 0.29) is 0 Å². The lowest BCUT2D eigenvalue weighted by Gasteiger charge is -2.13. The molecular weight excluding hydrogens is 139 g/mol. The van der Waals surface area contributed by atoms with E-state index in [0.717, 1.165) is 0 Å². The van der Waals surface area contributed by atoms with Crippen LogP contribution in [0.4, 0.5) is 0 Å². The van der Waals surface area contributed by atoms with Crippen molar-refractivity contribution >= 4 is 7.37 Å². The van der Waals surface area contributed by atoms with Crippen molar-refractivity contribution in [2.45, 2.75) is 19.7 Å². The first-order valence-electron chi connectivity index (χ1n) is 2.90. The van der Waals surface area contributed by atoms with Crippen molar-refractivity contribution in [1.29, 1.82) is 0 Å². The van der Waals surface area contributed by atoms with Crippen LogP contribution < -0.4 is 0 Å². The highest BCUT2D eigenvalue weighted by Crippen LogP contribution is 2.41. The fourth-order valence-corrected chi connectivity index (χ4v) is 0.805. The van der Waals surface area contributed by atoms with Gasteiger partial charge in [-0.15, -0.1) is 0 Å². The third kappa shape index (κ3) is 3.68. The first kappa shape index (κ1) is 9.15. The Morgan fingerprint density at radius 1 is 1.78 bits per heavy atom. The highest BCUT2D eigenvalue weighted by Gasteiger charge is 2.19. The molecule has 0 rings (SSSR count). The molecule has 0 aliphatic rings. The molecule has 0 radical (unpaired) electrons. The summed E-state index contributed by atoms with van der Waals surface area (Å²) in [5, 5.41) is 0. The second kappa shape index (κ2) is 3.35. The van der Waals surface area contributed by atoms with Crippen LogP contribution in [0.2, 0.25) is 0 Å². The van der Waals surface area contributed by atoms with Gasteiger partial charge in [0.15, 0.2) is 0 Å². The Kier molecular flexibility index (Phi) is 3.41. The summed E-state index contributed by atoms with van der Waals surface area (Å²) in [4.78, 5) is 8.85. The van der Waals surface area contributed by atoms with Crippen molar-refractivity contribution in [3.05, 3.63) is 0 Å². The highest BCUT2D eigenvalue weighted by atomic mass is 31.2. The lowest BCUT2D eigenvalue weighted by molar-refractivity contribution is 0.121. The number of hydrogen-bond acceptors (Lipinski definition) is 2. The number of rotatable bonds is 3. The summed E-state index contributed by atoms with van der Waals surface area (Å²) in [7, 11) is -3.00. The van der Waals surface area contributed by atoms with Crippen molar-refractivity contribution < 1.29 is 14.2 Å². The summed E-state index contributed by atoms with van der Waals surface area (Å²) in [6, 6.07) is 0. The van der Waals surface area contributed by atoms with Crippen molar-refractivity contribution in [2.75, 3.05) is 13.3 Å². The fourth-order valence-electron chi connectivity index (χ4n) is 0.380. The molecule has 56 valence electrons. The Morgan fingerprint density at radius 2 is 2.22 bits per heavy atom. The third-order valence-electron chi connectivity index (χ3n) is 1.08. The smallest absolute Gasteiger partial charge is 0.225 e. The molecule has 0 aliphatic carbocycles. The standard InChI is InChI=1S/C5H13O3P/c1-4-8-5(2)9(3,6)7/h5H,4H2,1-3H3,(H,6,7). The molecule has 0 bridgehead atoms. The number of ether oxygens (including phenoxy) is 1. The zero-order chi connectivity index (χ0) is 7.49. The van der Waals surface area contributed by atoms with Crippen LogP contribution in [0.5, 0.6) is 0 Å². The number of hydrogen-bond donors (Lipinski definition) is 1. The van der Waals surface area contributed by atoms with Gasteiger partial charge >= 0.3 is 0 Å².